The monoisotopic (exact) mass is 764 g/mol. The van der Waals surface area contributed by atoms with E-state index in [9.17, 15) is 10.1 Å². The summed E-state index contributed by atoms with van der Waals surface area (Å²) in [6.45, 7) is 10.2. The maximum absolute atomic E-state index is 11.5. The number of nitrogens with zero attached hydrogens (tertiary/aromatic N) is 3. The van der Waals surface area contributed by atoms with Crippen LogP contribution in [0.3, 0.4) is 0 Å². The number of nitro groups is 1. The topological polar surface area (TPSA) is 94.1 Å². The Morgan fingerprint density at radius 3 is 1.52 bits per heavy atom. The van der Waals surface area contributed by atoms with E-state index in [0.29, 0.717) is 30.1 Å². The van der Waals surface area contributed by atoms with Crippen LogP contribution in [0.5, 0.6) is 11.5 Å². The highest BCUT2D eigenvalue weighted by molar-refractivity contribution is 5.75. The fourth-order valence-electron chi connectivity index (χ4n) is 9.70. The highest BCUT2D eigenvalue weighted by Crippen LogP contribution is 2.57. The van der Waals surface area contributed by atoms with E-state index < -0.39 is 16.9 Å². The Balaban J connectivity index is 0.917. The molecule has 0 amide bonds. The van der Waals surface area contributed by atoms with Gasteiger partial charge in [0.2, 0.25) is 11.4 Å². The van der Waals surface area contributed by atoms with Crippen molar-refractivity contribution in [1.82, 2.24) is 0 Å². The first-order chi connectivity index (χ1) is 27.9. The minimum atomic E-state index is -0.839. The van der Waals surface area contributed by atoms with Gasteiger partial charge < -0.3 is 25.0 Å². The van der Waals surface area contributed by atoms with Gasteiger partial charge >= 0.3 is 0 Å². The lowest BCUT2D eigenvalue weighted by Crippen LogP contribution is -2.59. The molecule has 8 nitrogen and oxygen atoms in total. The standard InChI is InChI=1S/C50H44N4O4/c1-47(2)41-9-5-7-11-43(41)52(49(47)27-25-37-29-39(51)21-23-45(37)57-49)31-33-13-17-35(18-14-33)36-19-15-34(16-20-36)32-53-44-12-8-6-10-42(44)48(3,4)50(53)28-26-38-30-40(54(55)56)22-24-46(38)58-50/h5-30H,31-32,51H2,1-4H3. The number of anilines is 3. The van der Waals surface area contributed by atoms with Gasteiger partial charge in [-0.3, -0.25) is 10.1 Å². The molecule has 6 aromatic rings. The fourth-order valence-corrected chi connectivity index (χ4v) is 9.70. The fraction of sp³-hybridized carbons (Fsp3) is 0.200. The van der Waals surface area contributed by atoms with Crippen molar-refractivity contribution in [2.45, 2.75) is 63.1 Å². The summed E-state index contributed by atoms with van der Waals surface area (Å²) < 4.78 is 13.9. The zero-order chi connectivity index (χ0) is 40.0. The summed E-state index contributed by atoms with van der Waals surface area (Å²) in [5.41, 5.74) is 15.6. The van der Waals surface area contributed by atoms with E-state index in [4.69, 9.17) is 15.2 Å². The van der Waals surface area contributed by atoms with Crippen LogP contribution in [-0.2, 0) is 23.9 Å². The van der Waals surface area contributed by atoms with Gasteiger partial charge in [0.25, 0.3) is 5.69 Å². The van der Waals surface area contributed by atoms with E-state index in [2.05, 4.69) is 153 Å². The highest BCUT2D eigenvalue weighted by atomic mass is 16.6. The van der Waals surface area contributed by atoms with Crippen molar-refractivity contribution in [2.24, 2.45) is 0 Å². The summed E-state index contributed by atoms with van der Waals surface area (Å²) in [4.78, 5) is 15.9. The molecule has 2 N–H and O–H groups in total. The lowest BCUT2D eigenvalue weighted by molar-refractivity contribution is -0.384. The van der Waals surface area contributed by atoms with Gasteiger partial charge in [-0.2, -0.15) is 0 Å². The van der Waals surface area contributed by atoms with Crippen molar-refractivity contribution in [3.8, 4) is 22.6 Å². The first kappa shape index (κ1) is 35.6. The average Bonchev–Trinajstić information content (AvgIpc) is 3.51. The van der Waals surface area contributed by atoms with Gasteiger partial charge in [0, 0.05) is 53.4 Å². The Hall–Kier alpha value is -6.80. The summed E-state index contributed by atoms with van der Waals surface area (Å²) in [5.74, 6) is 1.46. The number of nitro benzene ring substituents is 1. The summed E-state index contributed by atoms with van der Waals surface area (Å²) in [6, 6.07) is 45.4. The van der Waals surface area contributed by atoms with Gasteiger partial charge in [-0.05, 0) is 122 Å². The minimum absolute atomic E-state index is 0.0443. The quantitative estimate of drug-likeness (QED) is 0.102. The third kappa shape index (κ3) is 5.13. The number of benzene rings is 6. The van der Waals surface area contributed by atoms with Crippen LogP contribution in [0.25, 0.3) is 23.3 Å². The number of nitrogens with two attached hydrogens (primary N) is 1. The lowest BCUT2D eigenvalue weighted by atomic mass is 9.76. The smallest absolute Gasteiger partial charge is 0.270 e. The minimum Gasteiger partial charge on any atom is -0.463 e. The number of rotatable bonds is 6. The van der Waals surface area contributed by atoms with E-state index in [1.165, 1.54) is 28.4 Å². The van der Waals surface area contributed by atoms with Gasteiger partial charge in [-0.25, -0.2) is 0 Å². The number of hydrogen-bond donors (Lipinski definition) is 1. The van der Waals surface area contributed by atoms with Crippen LogP contribution in [0.2, 0.25) is 0 Å². The van der Waals surface area contributed by atoms with Crippen LogP contribution in [0.15, 0.2) is 146 Å². The number of nitrogen functional groups attached to an aromatic ring is 1. The summed E-state index contributed by atoms with van der Waals surface area (Å²) in [6.07, 6.45) is 8.40. The lowest BCUT2D eigenvalue weighted by Gasteiger charge is -2.47. The van der Waals surface area contributed by atoms with Crippen LogP contribution < -0.4 is 25.0 Å². The molecule has 2 spiro atoms. The molecule has 58 heavy (non-hydrogen) atoms. The predicted octanol–water partition coefficient (Wildman–Crippen LogP) is 11.0. The summed E-state index contributed by atoms with van der Waals surface area (Å²) in [7, 11) is 0. The van der Waals surface area contributed by atoms with Crippen LogP contribution >= 0.6 is 0 Å². The molecule has 8 heteroatoms. The maximum Gasteiger partial charge on any atom is 0.270 e. The zero-order valence-corrected chi connectivity index (χ0v) is 33.0. The Morgan fingerprint density at radius 1 is 0.586 bits per heavy atom. The highest BCUT2D eigenvalue weighted by Gasteiger charge is 2.60. The number of para-hydroxylation sites is 2. The van der Waals surface area contributed by atoms with Crippen molar-refractivity contribution in [3.05, 3.63) is 189 Å². The van der Waals surface area contributed by atoms with Crippen LogP contribution in [0.4, 0.5) is 22.7 Å². The van der Waals surface area contributed by atoms with Crippen molar-refractivity contribution in [2.75, 3.05) is 15.5 Å². The Morgan fingerprint density at radius 2 is 1.03 bits per heavy atom. The van der Waals surface area contributed by atoms with E-state index in [-0.39, 0.29) is 16.0 Å². The van der Waals surface area contributed by atoms with E-state index >= 15 is 0 Å². The van der Waals surface area contributed by atoms with Gasteiger partial charge in [0.15, 0.2) is 0 Å². The normalized spacial score (nSPS) is 21.2. The molecule has 4 aliphatic rings. The summed E-state index contributed by atoms with van der Waals surface area (Å²) >= 11 is 0. The predicted molar refractivity (Wildman–Crippen MR) is 232 cm³/mol. The molecular weight excluding hydrogens is 721 g/mol. The van der Waals surface area contributed by atoms with Crippen molar-refractivity contribution in [1.29, 1.82) is 0 Å². The summed E-state index contributed by atoms with van der Waals surface area (Å²) in [5, 5.41) is 11.5. The first-order valence-corrected chi connectivity index (χ1v) is 19.8. The zero-order valence-electron chi connectivity index (χ0n) is 33.0. The number of fused-ring (bicyclic) bond motifs is 4. The van der Waals surface area contributed by atoms with Crippen molar-refractivity contribution in [3.63, 3.8) is 0 Å². The molecule has 4 aliphatic heterocycles. The third-order valence-electron chi connectivity index (χ3n) is 13.0. The molecular formula is C50H44N4O4. The van der Waals surface area contributed by atoms with Crippen molar-refractivity contribution < 1.29 is 14.4 Å². The number of non-ortho nitro benzene ring substituents is 1. The molecule has 0 bridgehead atoms. The molecule has 0 saturated carbocycles. The second-order valence-corrected chi connectivity index (χ2v) is 16.9. The van der Waals surface area contributed by atoms with Crippen molar-refractivity contribution >= 4 is 34.9 Å². The molecule has 2 unspecified atom stereocenters. The second kappa shape index (κ2) is 12.6. The van der Waals surface area contributed by atoms with E-state index in [1.54, 1.807) is 12.1 Å². The van der Waals surface area contributed by atoms with Gasteiger partial charge in [-0.1, -0.05) is 84.9 Å². The Kier molecular flexibility index (Phi) is 7.74. The van der Waals surface area contributed by atoms with Gasteiger partial charge in [-0.15, -0.1) is 0 Å². The van der Waals surface area contributed by atoms with Crippen LogP contribution in [-0.4, -0.2) is 16.4 Å². The second-order valence-electron chi connectivity index (χ2n) is 16.9. The molecule has 2 atom stereocenters. The molecule has 0 fully saturated rings. The van der Waals surface area contributed by atoms with Crippen LogP contribution in [0.1, 0.15) is 61.1 Å². The molecule has 6 aromatic carbocycles. The molecule has 0 aliphatic carbocycles. The molecule has 10 rings (SSSR count). The van der Waals surface area contributed by atoms with Gasteiger partial charge in [0.05, 0.1) is 15.8 Å². The first-order valence-electron chi connectivity index (χ1n) is 19.8. The molecule has 0 radical (unpaired) electrons. The molecule has 0 aromatic heterocycles. The molecule has 0 saturated heterocycles. The van der Waals surface area contributed by atoms with Gasteiger partial charge in [0.1, 0.15) is 11.5 Å². The third-order valence-corrected chi connectivity index (χ3v) is 13.0. The molecule has 288 valence electrons. The Bertz CT molecular complexity index is 2700. The SMILES string of the molecule is CC1(C)c2ccccc2N(Cc2ccc(-c3ccc(CN4c5ccccc5C(C)(C)C45C=Cc4cc([N+](=O)[O-])ccc4O5)cc3)cc2)C12C=Cc1cc(N)ccc1O2. The maximum atomic E-state index is 11.5. The number of hydrogen-bond acceptors (Lipinski definition) is 7. The Labute approximate surface area is 338 Å². The van der Waals surface area contributed by atoms with E-state index in [0.717, 1.165) is 33.7 Å². The van der Waals surface area contributed by atoms with E-state index in [1.807, 2.05) is 24.3 Å². The number of ether oxygens (including phenoxy) is 2. The molecule has 4 heterocycles. The average molecular weight is 765 g/mol. The largest absolute Gasteiger partial charge is 0.463 e. The van der Waals surface area contributed by atoms with Crippen LogP contribution in [0, 0.1) is 10.1 Å².